The largest absolute Gasteiger partial charge is 0.376 e. The van der Waals surface area contributed by atoms with Crippen molar-refractivity contribution in [2.45, 2.75) is 45.1 Å². The number of carbonyl (C=O) groups is 2. The lowest BCUT2D eigenvalue weighted by atomic mass is 9.95. The second kappa shape index (κ2) is 8.48. The summed E-state index contributed by atoms with van der Waals surface area (Å²) < 4.78 is 5.54. The molecule has 1 unspecified atom stereocenters. The molecule has 136 valence electrons. The SMILES string of the molecule is Cc1cccc(CC(=O)N2CCC(C(=O)NCC3CCCO3)CC2)c1. The lowest BCUT2D eigenvalue weighted by Gasteiger charge is -2.31. The van der Waals surface area contributed by atoms with E-state index < -0.39 is 0 Å². The number of amides is 2. The van der Waals surface area contributed by atoms with Crippen LogP contribution in [-0.4, -0.2) is 49.1 Å². The van der Waals surface area contributed by atoms with Crippen LogP contribution in [-0.2, 0) is 20.7 Å². The number of benzene rings is 1. The second-order valence-electron chi connectivity index (χ2n) is 7.20. The number of hydrogen-bond donors (Lipinski definition) is 1. The van der Waals surface area contributed by atoms with Gasteiger partial charge in [-0.1, -0.05) is 29.8 Å². The summed E-state index contributed by atoms with van der Waals surface area (Å²) in [4.78, 5) is 26.6. The van der Waals surface area contributed by atoms with Gasteiger partial charge in [-0.25, -0.2) is 0 Å². The van der Waals surface area contributed by atoms with E-state index in [0.29, 0.717) is 26.1 Å². The number of nitrogens with zero attached hydrogens (tertiary/aromatic N) is 1. The number of carbonyl (C=O) groups excluding carboxylic acids is 2. The fourth-order valence-corrected chi connectivity index (χ4v) is 3.66. The first kappa shape index (κ1) is 17.9. The van der Waals surface area contributed by atoms with Gasteiger partial charge in [-0.3, -0.25) is 9.59 Å². The van der Waals surface area contributed by atoms with Crippen molar-refractivity contribution in [1.29, 1.82) is 0 Å². The molecule has 1 N–H and O–H groups in total. The minimum absolute atomic E-state index is 0.0180. The van der Waals surface area contributed by atoms with Crippen LogP contribution in [0.1, 0.15) is 36.8 Å². The molecule has 2 fully saturated rings. The van der Waals surface area contributed by atoms with Gasteiger partial charge in [-0.15, -0.1) is 0 Å². The van der Waals surface area contributed by atoms with Gasteiger partial charge < -0.3 is 15.0 Å². The third-order valence-corrected chi connectivity index (χ3v) is 5.18. The van der Waals surface area contributed by atoms with Gasteiger partial charge in [0.05, 0.1) is 12.5 Å². The van der Waals surface area contributed by atoms with Crippen molar-refractivity contribution < 1.29 is 14.3 Å². The Hall–Kier alpha value is -1.88. The van der Waals surface area contributed by atoms with E-state index in [-0.39, 0.29) is 23.8 Å². The lowest BCUT2D eigenvalue weighted by molar-refractivity contribution is -0.135. The van der Waals surface area contributed by atoms with Gasteiger partial charge in [0.15, 0.2) is 0 Å². The smallest absolute Gasteiger partial charge is 0.226 e. The first-order chi connectivity index (χ1) is 12.1. The summed E-state index contributed by atoms with van der Waals surface area (Å²) >= 11 is 0. The maximum atomic E-state index is 12.5. The Labute approximate surface area is 149 Å². The van der Waals surface area contributed by atoms with Crippen LogP contribution < -0.4 is 5.32 Å². The number of likely N-dealkylation sites (tertiary alicyclic amines) is 1. The molecule has 0 radical (unpaired) electrons. The first-order valence-corrected chi connectivity index (χ1v) is 9.34. The van der Waals surface area contributed by atoms with Crippen molar-refractivity contribution in [3.63, 3.8) is 0 Å². The number of piperidine rings is 1. The van der Waals surface area contributed by atoms with Crippen LogP contribution in [0.2, 0.25) is 0 Å². The highest BCUT2D eigenvalue weighted by molar-refractivity contribution is 5.81. The predicted molar refractivity (Wildman–Crippen MR) is 96.2 cm³/mol. The van der Waals surface area contributed by atoms with Crippen LogP contribution in [0.5, 0.6) is 0 Å². The highest BCUT2D eigenvalue weighted by atomic mass is 16.5. The number of ether oxygens (including phenoxy) is 1. The van der Waals surface area contributed by atoms with Crippen LogP contribution in [0.4, 0.5) is 0 Å². The number of nitrogens with one attached hydrogen (secondary N) is 1. The number of hydrogen-bond acceptors (Lipinski definition) is 3. The molecule has 2 saturated heterocycles. The Morgan fingerprint density at radius 3 is 2.72 bits per heavy atom. The zero-order chi connectivity index (χ0) is 17.6. The molecular weight excluding hydrogens is 316 g/mol. The fourth-order valence-electron chi connectivity index (χ4n) is 3.66. The van der Waals surface area contributed by atoms with E-state index in [1.165, 1.54) is 5.56 Å². The second-order valence-corrected chi connectivity index (χ2v) is 7.20. The summed E-state index contributed by atoms with van der Waals surface area (Å²) in [6.07, 6.45) is 4.24. The first-order valence-electron chi connectivity index (χ1n) is 9.34. The van der Waals surface area contributed by atoms with Crippen LogP contribution in [0.15, 0.2) is 24.3 Å². The molecule has 1 aromatic rings. The van der Waals surface area contributed by atoms with Crippen molar-refractivity contribution in [3.8, 4) is 0 Å². The average Bonchev–Trinajstić information content (AvgIpc) is 3.13. The molecule has 3 rings (SSSR count). The Morgan fingerprint density at radius 1 is 1.24 bits per heavy atom. The minimum atomic E-state index is 0.0180. The predicted octanol–water partition coefficient (Wildman–Crippen LogP) is 2.07. The third-order valence-electron chi connectivity index (χ3n) is 5.18. The molecule has 1 aromatic carbocycles. The standard InChI is InChI=1S/C20H28N2O3/c1-15-4-2-5-16(12-15)13-19(23)22-9-7-17(8-10-22)20(24)21-14-18-6-3-11-25-18/h2,4-5,12,17-18H,3,6-11,13-14H2,1H3,(H,21,24). The van der Waals surface area contributed by atoms with E-state index >= 15 is 0 Å². The molecule has 0 spiro atoms. The number of aryl methyl sites for hydroxylation is 1. The van der Waals surface area contributed by atoms with Crippen LogP contribution >= 0.6 is 0 Å². The van der Waals surface area contributed by atoms with E-state index in [1.54, 1.807) is 0 Å². The molecule has 2 heterocycles. The van der Waals surface area contributed by atoms with E-state index in [2.05, 4.69) is 11.4 Å². The van der Waals surface area contributed by atoms with Gasteiger partial charge in [-0.2, -0.15) is 0 Å². The molecular formula is C20H28N2O3. The molecule has 0 bridgehead atoms. The van der Waals surface area contributed by atoms with Gasteiger partial charge in [0.25, 0.3) is 0 Å². The minimum Gasteiger partial charge on any atom is -0.376 e. The molecule has 25 heavy (non-hydrogen) atoms. The van der Waals surface area contributed by atoms with Crippen molar-refractivity contribution in [2.75, 3.05) is 26.2 Å². The van der Waals surface area contributed by atoms with E-state index in [4.69, 9.17) is 4.74 Å². The third kappa shape index (κ3) is 5.05. The summed E-state index contributed by atoms with van der Waals surface area (Å²) in [5.41, 5.74) is 2.23. The maximum absolute atomic E-state index is 12.5. The summed E-state index contributed by atoms with van der Waals surface area (Å²) in [5, 5.41) is 3.02. The lowest BCUT2D eigenvalue weighted by Crippen LogP contribution is -2.44. The molecule has 2 amide bonds. The van der Waals surface area contributed by atoms with Crippen LogP contribution in [0.3, 0.4) is 0 Å². The summed E-state index contributed by atoms with van der Waals surface area (Å²) in [7, 11) is 0. The van der Waals surface area contributed by atoms with Crippen molar-refractivity contribution >= 4 is 11.8 Å². The molecule has 2 aliphatic rings. The molecule has 1 atom stereocenters. The number of rotatable bonds is 5. The molecule has 5 heteroatoms. The normalized spacial score (nSPS) is 21.3. The van der Waals surface area contributed by atoms with E-state index in [1.807, 2.05) is 30.0 Å². The van der Waals surface area contributed by atoms with Crippen molar-refractivity contribution in [3.05, 3.63) is 35.4 Å². The van der Waals surface area contributed by atoms with Gasteiger partial charge >= 0.3 is 0 Å². The molecule has 2 aliphatic heterocycles. The highest BCUT2D eigenvalue weighted by Crippen LogP contribution is 2.19. The molecule has 0 aliphatic carbocycles. The Kier molecular flexibility index (Phi) is 6.08. The zero-order valence-corrected chi connectivity index (χ0v) is 15.0. The maximum Gasteiger partial charge on any atom is 0.226 e. The van der Waals surface area contributed by atoms with E-state index in [9.17, 15) is 9.59 Å². The topological polar surface area (TPSA) is 58.6 Å². The zero-order valence-electron chi connectivity index (χ0n) is 15.0. The van der Waals surface area contributed by atoms with Gasteiger partial charge in [0.1, 0.15) is 0 Å². The van der Waals surface area contributed by atoms with Crippen molar-refractivity contribution in [1.82, 2.24) is 10.2 Å². The summed E-state index contributed by atoms with van der Waals surface area (Å²) in [5.74, 6) is 0.287. The quantitative estimate of drug-likeness (QED) is 0.890. The van der Waals surface area contributed by atoms with Gasteiger partial charge in [0.2, 0.25) is 11.8 Å². The molecule has 0 aromatic heterocycles. The Bertz CT molecular complexity index is 603. The van der Waals surface area contributed by atoms with Gasteiger partial charge in [0, 0.05) is 32.2 Å². The Morgan fingerprint density at radius 2 is 2.04 bits per heavy atom. The van der Waals surface area contributed by atoms with E-state index in [0.717, 1.165) is 37.9 Å². The fraction of sp³-hybridized carbons (Fsp3) is 0.600. The van der Waals surface area contributed by atoms with Crippen LogP contribution in [0.25, 0.3) is 0 Å². The molecule has 0 saturated carbocycles. The summed E-state index contributed by atoms with van der Waals surface area (Å²) in [6.45, 7) is 4.80. The van der Waals surface area contributed by atoms with Crippen molar-refractivity contribution in [2.24, 2.45) is 5.92 Å². The highest BCUT2D eigenvalue weighted by Gasteiger charge is 2.28. The summed E-state index contributed by atoms with van der Waals surface area (Å²) in [6, 6.07) is 8.08. The average molecular weight is 344 g/mol. The van der Waals surface area contributed by atoms with Crippen LogP contribution in [0, 0.1) is 12.8 Å². The van der Waals surface area contributed by atoms with Gasteiger partial charge in [-0.05, 0) is 38.2 Å². The Balaban J connectivity index is 1.41. The monoisotopic (exact) mass is 344 g/mol. The molecule has 5 nitrogen and oxygen atoms in total.